The molecular weight excluding hydrogens is 397 g/mol. The topological polar surface area (TPSA) is 75.8 Å². The molecule has 0 fully saturated rings. The van der Waals surface area contributed by atoms with Crippen molar-refractivity contribution in [2.24, 2.45) is 10.7 Å². The first-order valence-electron chi connectivity index (χ1n) is 8.80. The number of rotatable bonds is 3. The quantitative estimate of drug-likeness (QED) is 0.837. The second-order valence-corrected chi connectivity index (χ2v) is 7.65. The third-order valence-electron chi connectivity index (χ3n) is 5.11. The first kappa shape index (κ1) is 18.7. The first-order valence-corrected chi connectivity index (χ1v) is 9.56. The molecule has 0 saturated carbocycles. The van der Waals surface area contributed by atoms with Crippen molar-refractivity contribution in [3.63, 3.8) is 0 Å². The number of carbonyl (C=O) groups excluding carboxylic acids is 2. The Morgan fingerprint density at radius 3 is 2.64 bits per heavy atom. The zero-order valence-electron chi connectivity index (χ0n) is 15.1. The average Bonchev–Trinajstić information content (AvgIpc) is 2.80. The van der Waals surface area contributed by atoms with E-state index >= 15 is 0 Å². The molecule has 2 amide bonds. The lowest BCUT2D eigenvalue weighted by Crippen LogP contribution is -2.40. The number of aliphatic imine (C=N–C) groups is 1. The third kappa shape index (κ3) is 3.01. The SMILES string of the molecule is CC1C2=C(CN=C(c3ccccc3Cl)c3cc(Cl)ccc32)C(=O)N1CC(N)=O. The highest BCUT2D eigenvalue weighted by molar-refractivity contribution is 6.36. The van der Waals surface area contributed by atoms with E-state index in [1.54, 1.807) is 12.1 Å². The van der Waals surface area contributed by atoms with Gasteiger partial charge in [0, 0.05) is 26.7 Å². The number of amides is 2. The molecule has 5 nitrogen and oxygen atoms in total. The predicted octanol–water partition coefficient (Wildman–Crippen LogP) is 3.31. The molecule has 0 radical (unpaired) electrons. The number of hydrogen-bond acceptors (Lipinski definition) is 3. The number of hydrogen-bond donors (Lipinski definition) is 1. The Balaban J connectivity index is 1.90. The van der Waals surface area contributed by atoms with Gasteiger partial charge in [0.15, 0.2) is 0 Å². The average molecular weight is 414 g/mol. The highest BCUT2D eigenvalue weighted by Crippen LogP contribution is 2.39. The molecule has 1 unspecified atom stereocenters. The van der Waals surface area contributed by atoms with Gasteiger partial charge in [0.1, 0.15) is 6.54 Å². The summed E-state index contributed by atoms with van der Waals surface area (Å²) in [6.07, 6.45) is 0. The van der Waals surface area contributed by atoms with Crippen molar-refractivity contribution < 1.29 is 9.59 Å². The van der Waals surface area contributed by atoms with Crippen molar-refractivity contribution in [3.05, 3.63) is 74.8 Å². The van der Waals surface area contributed by atoms with Gasteiger partial charge in [-0.2, -0.15) is 0 Å². The molecule has 2 heterocycles. The van der Waals surface area contributed by atoms with Gasteiger partial charge in [0.25, 0.3) is 5.91 Å². The number of fused-ring (bicyclic) bond motifs is 2. The Hall–Kier alpha value is -2.63. The summed E-state index contributed by atoms with van der Waals surface area (Å²) in [7, 11) is 0. The van der Waals surface area contributed by atoms with Gasteiger partial charge in [-0.3, -0.25) is 14.6 Å². The zero-order valence-corrected chi connectivity index (χ0v) is 16.6. The maximum Gasteiger partial charge on any atom is 0.253 e. The summed E-state index contributed by atoms with van der Waals surface area (Å²) in [5.74, 6) is -0.763. The Kier molecular flexibility index (Phi) is 4.73. The second-order valence-electron chi connectivity index (χ2n) is 6.80. The summed E-state index contributed by atoms with van der Waals surface area (Å²) in [4.78, 5) is 30.6. The fourth-order valence-electron chi connectivity index (χ4n) is 3.86. The molecule has 0 aromatic heterocycles. The van der Waals surface area contributed by atoms with E-state index in [2.05, 4.69) is 0 Å². The monoisotopic (exact) mass is 413 g/mol. The normalized spacial score (nSPS) is 18.5. The lowest BCUT2D eigenvalue weighted by atomic mass is 9.90. The van der Waals surface area contributed by atoms with Crippen molar-refractivity contribution in [3.8, 4) is 0 Å². The van der Waals surface area contributed by atoms with Crippen LogP contribution >= 0.6 is 23.2 Å². The molecule has 28 heavy (non-hydrogen) atoms. The van der Waals surface area contributed by atoms with Crippen LogP contribution in [0.5, 0.6) is 0 Å². The zero-order chi connectivity index (χ0) is 20.0. The summed E-state index contributed by atoms with van der Waals surface area (Å²) in [5, 5.41) is 1.14. The van der Waals surface area contributed by atoms with Crippen LogP contribution in [0.4, 0.5) is 0 Å². The van der Waals surface area contributed by atoms with Gasteiger partial charge in [0.05, 0.1) is 18.3 Å². The van der Waals surface area contributed by atoms with Crippen molar-refractivity contribution in [1.29, 1.82) is 0 Å². The lowest BCUT2D eigenvalue weighted by molar-refractivity contribution is -0.131. The fraction of sp³-hybridized carbons (Fsp3) is 0.190. The maximum atomic E-state index is 13.0. The minimum atomic E-state index is -0.547. The van der Waals surface area contributed by atoms with Gasteiger partial charge >= 0.3 is 0 Å². The van der Waals surface area contributed by atoms with Crippen molar-refractivity contribution >= 4 is 46.3 Å². The Labute approximate surface area is 172 Å². The van der Waals surface area contributed by atoms with Gasteiger partial charge < -0.3 is 10.6 Å². The molecule has 2 aromatic rings. The van der Waals surface area contributed by atoms with Crippen LogP contribution in [0.1, 0.15) is 23.6 Å². The Bertz CT molecular complexity index is 1080. The van der Waals surface area contributed by atoms with Crippen LogP contribution in [0, 0.1) is 0 Å². The number of nitrogens with two attached hydrogens (primary N) is 1. The summed E-state index contributed by atoms with van der Waals surface area (Å²) < 4.78 is 0. The van der Waals surface area contributed by atoms with E-state index in [9.17, 15) is 9.59 Å². The highest BCUT2D eigenvalue weighted by atomic mass is 35.5. The molecule has 0 saturated heterocycles. The van der Waals surface area contributed by atoms with Gasteiger partial charge in [-0.05, 0) is 36.3 Å². The van der Waals surface area contributed by atoms with E-state index in [0.29, 0.717) is 21.3 Å². The van der Waals surface area contributed by atoms with Crippen LogP contribution in [0.3, 0.4) is 0 Å². The Morgan fingerprint density at radius 2 is 1.93 bits per heavy atom. The summed E-state index contributed by atoms with van der Waals surface area (Å²) in [6, 6.07) is 12.7. The molecule has 1 atom stereocenters. The van der Waals surface area contributed by atoms with Gasteiger partial charge in [-0.25, -0.2) is 0 Å². The Morgan fingerprint density at radius 1 is 1.18 bits per heavy atom. The molecule has 2 aliphatic heterocycles. The summed E-state index contributed by atoms with van der Waals surface area (Å²) in [5.41, 5.74) is 9.90. The molecule has 2 aliphatic rings. The van der Waals surface area contributed by atoms with Crippen LogP contribution in [-0.4, -0.2) is 41.6 Å². The molecule has 142 valence electrons. The van der Waals surface area contributed by atoms with E-state index in [-0.39, 0.29) is 25.0 Å². The summed E-state index contributed by atoms with van der Waals surface area (Å²) in [6.45, 7) is 1.96. The first-order chi connectivity index (χ1) is 13.4. The van der Waals surface area contributed by atoms with E-state index < -0.39 is 5.91 Å². The molecule has 2 aromatic carbocycles. The number of primary amides is 1. The fourth-order valence-corrected chi connectivity index (χ4v) is 4.26. The molecule has 2 N–H and O–H groups in total. The van der Waals surface area contributed by atoms with Crippen LogP contribution < -0.4 is 5.73 Å². The van der Waals surface area contributed by atoms with E-state index in [1.807, 2.05) is 37.3 Å². The number of halogens is 2. The highest BCUT2D eigenvalue weighted by Gasteiger charge is 2.39. The van der Waals surface area contributed by atoms with Gasteiger partial charge in [0.2, 0.25) is 5.91 Å². The molecule has 0 bridgehead atoms. The third-order valence-corrected chi connectivity index (χ3v) is 5.67. The van der Waals surface area contributed by atoms with Crippen molar-refractivity contribution in [1.82, 2.24) is 4.90 Å². The molecular formula is C21H17Cl2N3O2. The molecule has 7 heteroatoms. The van der Waals surface area contributed by atoms with Crippen molar-refractivity contribution in [2.45, 2.75) is 13.0 Å². The van der Waals surface area contributed by atoms with Crippen molar-refractivity contribution in [2.75, 3.05) is 13.1 Å². The minimum absolute atomic E-state index is 0.128. The van der Waals surface area contributed by atoms with Gasteiger partial charge in [-0.15, -0.1) is 0 Å². The molecule has 4 rings (SSSR count). The van der Waals surface area contributed by atoms with E-state index in [4.69, 9.17) is 33.9 Å². The standard InChI is InChI=1S/C21H17Cl2N3O2/c1-11-19-13-7-6-12(22)8-15(13)20(14-4-2-3-5-17(14)23)25-9-16(19)21(28)26(11)10-18(24)27/h2-8,11H,9-10H2,1H3,(H2,24,27). The number of nitrogens with zero attached hydrogens (tertiary/aromatic N) is 2. The van der Waals surface area contributed by atoms with E-state index in [1.165, 1.54) is 4.90 Å². The maximum absolute atomic E-state index is 13.0. The second kappa shape index (κ2) is 7.08. The minimum Gasteiger partial charge on any atom is -0.368 e. The predicted molar refractivity (Wildman–Crippen MR) is 111 cm³/mol. The van der Waals surface area contributed by atoms with E-state index in [0.717, 1.165) is 22.3 Å². The van der Waals surface area contributed by atoms with Gasteiger partial charge in [-0.1, -0.05) is 47.5 Å². The van der Waals surface area contributed by atoms with Crippen LogP contribution in [0.15, 0.2) is 53.0 Å². The summed E-state index contributed by atoms with van der Waals surface area (Å²) >= 11 is 12.7. The smallest absolute Gasteiger partial charge is 0.253 e. The van der Waals surface area contributed by atoms with Crippen LogP contribution in [0.2, 0.25) is 10.0 Å². The van der Waals surface area contributed by atoms with Crippen LogP contribution in [-0.2, 0) is 9.59 Å². The van der Waals surface area contributed by atoms with Crippen LogP contribution in [0.25, 0.3) is 5.57 Å². The lowest BCUT2D eigenvalue weighted by Gasteiger charge is -2.24. The largest absolute Gasteiger partial charge is 0.368 e. The number of carbonyl (C=O) groups is 2. The molecule has 0 aliphatic carbocycles. The molecule has 0 spiro atoms. The number of benzene rings is 2.